The third-order valence-corrected chi connectivity index (χ3v) is 4.21. The van der Waals surface area contributed by atoms with Crippen molar-refractivity contribution in [1.29, 1.82) is 0 Å². The SMILES string of the molecule is CCN1C(=O)[C@@H]2COCC[C@@H]2c2cc(Br)cnc21. The van der Waals surface area contributed by atoms with Crippen LogP contribution >= 0.6 is 15.9 Å². The zero-order valence-electron chi connectivity index (χ0n) is 10.2. The summed E-state index contributed by atoms with van der Waals surface area (Å²) >= 11 is 3.47. The highest BCUT2D eigenvalue weighted by Gasteiger charge is 2.42. The molecular weight excluding hydrogens is 296 g/mol. The minimum atomic E-state index is -0.0395. The normalized spacial score (nSPS) is 26.8. The minimum absolute atomic E-state index is 0.0395. The highest BCUT2D eigenvalue weighted by molar-refractivity contribution is 9.10. The van der Waals surface area contributed by atoms with Crippen LogP contribution in [0.25, 0.3) is 0 Å². The van der Waals surface area contributed by atoms with Crippen LogP contribution in [0.2, 0.25) is 0 Å². The number of hydrogen-bond acceptors (Lipinski definition) is 3. The average Bonchev–Trinajstić information content (AvgIpc) is 2.40. The maximum Gasteiger partial charge on any atom is 0.234 e. The topological polar surface area (TPSA) is 42.4 Å². The van der Waals surface area contributed by atoms with Gasteiger partial charge in [-0.3, -0.25) is 9.69 Å². The summed E-state index contributed by atoms with van der Waals surface area (Å²) in [4.78, 5) is 18.6. The highest BCUT2D eigenvalue weighted by atomic mass is 79.9. The Kier molecular flexibility index (Phi) is 3.11. The fourth-order valence-electron chi connectivity index (χ4n) is 2.91. The smallest absolute Gasteiger partial charge is 0.234 e. The summed E-state index contributed by atoms with van der Waals surface area (Å²) in [6.07, 6.45) is 2.66. The van der Waals surface area contributed by atoms with Gasteiger partial charge in [0.2, 0.25) is 5.91 Å². The third kappa shape index (κ3) is 1.77. The van der Waals surface area contributed by atoms with Crippen LogP contribution in [0.1, 0.15) is 24.8 Å². The molecule has 0 spiro atoms. The third-order valence-electron chi connectivity index (χ3n) is 3.77. The van der Waals surface area contributed by atoms with E-state index >= 15 is 0 Å². The van der Waals surface area contributed by atoms with Crippen LogP contribution in [0.5, 0.6) is 0 Å². The van der Waals surface area contributed by atoms with Gasteiger partial charge in [0, 0.05) is 35.3 Å². The molecule has 0 saturated carbocycles. The second-order valence-electron chi connectivity index (χ2n) is 4.73. The Morgan fingerprint density at radius 1 is 1.56 bits per heavy atom. The number of rotatable bonds is 1. The second kappa shape index (κ2) is 4.63. The van der Waals surface area contributed by atoms with E-state index in [2.05, 4.69) is 27.0 Å². The number of aromatic nitrogens is 1. The first-order valence-corrected chi connectivity index (χ1v) is 7.06. The lowest BCUT2D eigenvalue weighted by molar-refractivity contribution is -0.128. The highest BCUT2D eigenvalue weighted by Crippen LogP contribution is 2.42. The molecule has 0 unspecified atom stereocenters. The van der Waals surface area contributed by atoms with Gasteiger partial charge in [0.05, 0.1) is 12.5 Å². The van der Waals surface area contributed by atoms with Crippen LogP contribution in [0, 0.1) is 5.92 Å². The van der Waals surface area contributed by atoms with E-state index in [1.165, 1.54) is 5.56 Å². The molecule has 2 atom stereocenters. The first-order valence-electron chi connectivity index (χ1n) is 6.27. The number of hydrogen-bond donors (Lipinski definition) is 0. The molecule has 1 aromatic heterocycles. The Morgan fingerprint density at radius 2 is 2.39 bits per heavy atom. The molecule has 2 aliphatic heterocycles. The molecule has 2 aliphatic rings. The number of anilines is 1. The minimum Gasteiger partial charge on any atom is -0.381 e. The van der Waals surface area contributed by atoms with E-state index < -0.39 is 0 Å². The molecule has 4 nitrogen and oxygen atoms in total. The van der Waals surface area contributed by atoms with E-state index in [-0.39, 0.29) is 17.7 Å². The Hall–Kier alpha value is -0.940. The molecule has 0 bridgehead atoms. The molecule has 0 aliphatic carbocycles. The van der Waals surface area contributed by atoms with Crippen LogP contribution in [-0.2, 0) is 9.53 Å². The Balaban J connectivity index is 2.12. The zero-order valence-corrected chi connectivity index (χ0v) is 11.8. The predicted octanol–water partition coefficient (Wildman–Crippen LogP) is 2.33. The molecule has 3 rings (SSSR count). The fourth-order valence-corrected chi connectivity index (χ4v) is 3.26. The van der Waals surface area contributed by atoms with Crippen molar-refractivity contribution in [1.82, 2.24) is 4.98 Å². The lowest BCUT2D eigenvalue weighted by atomic mass is 9.79. The lowest BCUT2D eigenvalue weighted by Crippen LogP contribution is -2.47. The molecule has 0 radical (unpaired) electrons. The van der Waals surface area contributed by atoms with E-state index in [0.717, 1.165) is 23.3 Å². The molecule has 0 aromatic carbocycles. The van der Waals surface area contributed by atoms with E-state index in [1.54, 1.807) is 11.1 Å². The second-order valence-corrected chi connectivity index (χ2v) is 5.64. The van der Waals surface area contributed by atoms with Crippen LogP contribution in [0.15, 0.2) is 16.7 Å². The summed E-state index contributed by atoms with van der Waals surface area (Å²) in [5.41, 5.74) is 1.18. The number of carbonyl (C=O) groups excluding carboxylic acids is 1. The number of halogens is 1. The number of carbonyl (C=O) groups is 1. The molecule has 96 valence electrons. The van der Waals surface area contributed by atoms with Gasteiger partial charge in [-0.1, -0.05) is 0 Å². The van der Waals surface area contributed by atoms with Gasteiger partial charge in [0.1, 0.15) is 5.82 Å². The van der Waals surface area contributed by atoms with Gasteiger partial charge >= 0.3 is 0 Å². The van der Waals surface area contributed by atoms with Gasteiger partial charge in [-0.25, -0.2) is 4.98 Å². The number of nitrogens with zero attached hydrogens (tertiary/aromatic N) is 2. The van der Waals surface area contributed by atoms with Crippen LogP contribution in [0.4, 0.5) is 5.82 Å². The Labute approximate surface area is 114 Å². The Bertz CT molecular complexity index is 492. The van der Waals surface area contributed by atoms with Crippen LogP contribution in [0.3, 0.4) is 0 Å². The summed E-state index contributed by atoms with van der Waals surface area (Å²) in [5.74, 6) is 1.20. The van der Waals surface area contributed by atoms with Crippen molar-refractivity contribution in [3.63, 3.8) is 0 Å². The van der Waals surface area contributed by atoms with Gasteiger partial charge < -0.3 is 4.74 Å². The monoisotopic (exact) mass is 310 g/mol. The number of fused-ring (bicyclic) bond motifs is 3. The molecular formula is C13H15BrN2O2. The van der Waals surface area contributed by atoms with Gasteiger partial charge in [-0.05, 0) is 35.3 Å². The van der Waals surface area contributed by atoms with Crippen LogP contribution < -0.4 is 4.90 Å². The average molecular weight is 311 g/mol. The summed E-state index contributed by atoms with van der Waals surface area (Å²) in [6.45, 7) is 3.90. The summed E-state index contributed by atoms with van der Waals surface area (Å²) in [5, 5.41) is 0. The van der Waals surface area contributed by atoms with Crippen molar-refractivity contribution < 1.29 is 9.53 Å². The molecule has 1 aromatic rings. The van der Waals surface area contributed by atoms with Crippen molar-refractivity contribution in [2.75, 3.05) is 24.7 Å². The van der Waals surface area contributed by atoms with Crippen molar-refractivity contribution in [3.8, 4) is 0 Å². The van der Waals surface area contributed by atoms with E-state index in [9.17, 15) is 4.79 Å². The van der Waals surface area contributed by atoms with Crippen molar-refractivity contribution in [2.24, 2.45) is 5.92 Å². The summed E-state index contributed by atoms with van der Waals surface area (Å²) < 4.78 is 6.44. The first-order chi connectivity index (χ1) is 8.72. The fraction of sp³-hybridized carbons (Fsp3) is 0.538. The lowest BCUT2D eigenvalue weighted by Gasteiger charge is -2.40. The number of ether oxygens (including phenoxy) is 1. The van der Waals surface area contributed by atoms with Crippen molar-refractivity contribution in [3.05, 3.63) is 22.3 Å². The maximum atomic E-state index is 12.4. The van der Waals surface area contributed by atoms with Crippen molar-refractivity contribution in [2.45, 2.75) is 19.3 Å². The zero-order chi connectivity index (χ0) is 12.7. The molecule has 1 saturated heterocycles. The van der Waals surface area contributed by atoms with Crippen molar-refractivity contribution >= 4 is 27.7 Å². The molecule has 1 fully saturated rings. The molecule has 0 N–H and O–H groups in total. The van der Waals surface area contributed by atoms with Gasteiger partial charge in [0.25, 0.3) is 0 Å². The van der Waals surface area contributed by atoms with E-state index in [1.807, 2.05) is 6.92 Å². The summed E-state index contributed by atoms with van der Waals surface area (Å²) in [7, 11) is 0. The first kappa shape index (κ1) is 12.1. The molecule has 1 amide bonds. The Morgan fingerprint density at radius 3 is 3.17 bits per heavy atom. The predicted molar refractivity (Wildman–Crippen MR) is 71.6 cm³/mol. The molecule has 5 heteroatoms. The quantitative estimate of drug-likeness (QED) is 0.799. The molecule has 18 heavy (non-hydrogen) atoms. The van der Waals surface area contributed by atoms with E-state index in [4.69, 9.17) is 4.74 Å². The van der Waals surface area contributed by atoms with Gasteiger partial charge in [-0.15, -0.1) is 0 Å². The van der Waals surface area contributed by atoms with Gasteiger partial charge in [0.15, 0.2) is 0 Å². The number of pyridine rings is 1. The van der Waals surface area contributed by atoms with E-state index in [0.29, 0.717) is 13.2 Å². The maximum absolute atomic E-state index is 12.4. The largest absolute Gasteiger partial charge is 0.381 e. The molecule has 3 heterocycles. The standard InChI is InChI=1S/C13H15BrN2O2/c1-2-16-12-10(5-8(14)6-15-12)9-3-4-18-7-11(9)13(16)17/h5-6,9,11H,2-4,7H2,1H3/t9-,11-/m1/s1. The summed E-state index contributed by atoms with van der Waals surface area (Å²) in [6, 6.07) is 2.10. The van der Waals surface area contributed by atoms with Gasteiger partial charge in [-0.2, -0.15) is 0 Å². The van der Waals surface area contributed by atoms with Crippen LogP contribution in [-0.4, -0.2) is 30.6 Å². The number of amides is 1.